The fraction of sp³-hybridized carbons (Fsp3) is 0.417. The molecule has 88 valence electrons. The second-order valence-electron chi connectivity index (χ2n) is 3.87. The number of rotatable bonds is 4. The van der Waals surface area contributed by atoms with E-state index in [1.807, 2.05) is 32.0 Å². The van der Waals surface area contributed by atoms with Gasteiger partial charge in [0.25, 0.3) is 5.91 Å². The number of benzene rings is 1. The largest absolute Gasteiger partial charge is 0.396 e. The summed E-state index contributed by atoms with van der Waals surface area (Å²) in [7, 11) is 0. The molecule has 0 spiro atoms. The molecule has 0 saturated carbocycles. The van der Waals surface area contributed by atoms with Gasteiger partial charge in [0.05, 0.1) is 5.56 Å². The molecule has 0 radical (unpaired) electrons. The van der Waals surface area contributed by atoms with Crippen LogP contribution in [0.3, 0.4) is 0 Å². The summed E-state index contributed by atoms with van der Waals surface area (Å²) in [5.41, 5.74) is 1.67. The summed E-state index contributed by atoms with van der Waals surface area (Å²) in [5.74, 6) is -0.114. The van der Waals surface area contributed by atoms with Crippen LogP contribution in [0.4, 0.5) is 0 Å². The Bertz CT molecular complexity index is 379. The van der Waals surface area contributed by atoms with Gasteiger partial charge < -0.3 is 10.4 Å². The predicted octanol–water partition coefficient (Wildman–Crippen LogP) is 2.26. The Kier molecular flexibility index (Phi) is 4.96. The quantitative estimate of drug-likeness (QED) is 0.892. The Balaban J connectivity index is 2.76. The van der Waals surface area contributed by atoms with E-state index in [-0.39, 0.29) is 18.6 Å². The molecule has 3 nitrogen and oxygen atoms in total. The number of carbonyl (C=O) groups is 1. The van der Waals surface area contributed by atoms with Crippen molar-refractivity contribution in [1.29, 1.82) is 0 Å². The molecule has 0 aromatic heterocycles. The van der Waals surface area contributed by atoms with Gasteiger partial charge in [-0.3, -0.25) is 4.79 Å². The average Bonchev–Trinajstić information content (AvgIpc) is 2.21. The fourth-order valence-corrected chi connectivity index (χ4v) is 1.81. The Labute approximate surface area is 104 Å². The molecule has 0 heterocycles. The molecule has 0 saturated heterocycles. The first-order valence-electron chi connectivity index (χ1n) is 5.22. The van der Waals surface area contributed by atoms with Crippen molar-refractivity contribution < 1.29 is 9.90 Å². The van der Waals surface area contributed by atoms with Crippen molar-refractivity contribution in [2.45, 2.75) is 26.3 Å². The van der Waals surface area contributed by atoms with Gasteiger partial charge >= 0.3 is 0 Å². The van der Waals surface area contributed by atoms with Gasteiger partial charge in [-0.25, -0.2) is 0 Å². The standard InChI is InChI=1S/C12H16BrNO2/c1-8-3-4-11(13)10(7-8)12(16)14-9(2)5-6-15/h3-4,7,9,15H,5-6H2,1-2H3,(H,14,16). The number of halogens is 1. The van der Waals surface area contributed by atoms with Crippen molar-refractivity contribution in [1.82, 2.24) is 5.32 Å². The zero-order valence-corrected chi connectivity index (χ0v) is 11.0. The fourth-order valence-electron chi connectivity index (χ4n) is 1.38. The van der Waals surface area contributed by atoms with Crippen LogP contribution in [0.15, 0.2) is 22.7 Å². The third-order valence-electron chi connectivity index (χ3n) is 2.31. The Hall–Kier alpha value is -0.870. The molecular weight excluding hydrogens is 270 g/mol. The van der Waals surface area contributed by atoms with Gasteiger partial charge in [-0.2, -0.15) is 0 Å². The van der Waals surface area contributed by atoms with Crippen LogP contribution in [-0.4, -0.2) is 23.7 Å². The lowest BCUT2D eigenvalue weighted by atomic mass is 10.1. The van der Waals surface area contributed by atoms with Crippen LogP contribution < -0.4 is 5.32 Å². The number of hydrogen-bond acceptors (Lipinski definition) is 2. The lowest BCUT2D eigenvalue weighted by Gasteiger charge is -2.13. The van der Waals surface area contributed by atoms with E-state index >= 15 is 0 Å². The van der Waals surface area contributed by atoms with E-state index in [2.05, 4.69) is 21.2 Å². The molecular formula is C12H16BrNO2. The van der Waals surface area contributed by atoms with Gasteiger partial charge in [-0.05, 0) is 48.3 Å². The van der Waals surface area contributed by atoms with Gasteiger partial charge in [-0.1, -0.05) is 11.6 Å². The number of amides is 1. The zero-order chi connectivity index (χ0) is 12.1. The van der Waals surface area contributed by atoms with E-state index in [1.54, 1.807) is 0 Å². The van der Waals surface area contributed by atoms with Crippen molar-refractivity contribution in [3.05, 3.63) is 33.8 Å². The minimum Gasteiger partial charge on any atom is -0.396 e. The van der Waals surface area contributed by atoms with E-state index < -0.39 is 0 Å². The first kappa shape index (κ1) is 13.2. The highest BCUT2D eigenvalue weighted by atomic mass is 79.9. The SMILES string of the molecule is Cc1ccc(Br)c(C(=O)NC(C)CCO)c1. The average molecular weight is 286 g/mol. The van der Waals surface area contributed by atoms with Crippen LogP contribution in [0.2, 0.25) is 0 Å². The number of nitrogens with one attached hydrogen (secondary N) is 1. The number of aryl methyl sites for hydroxylation is 1. The summed E-state index contributed by atoms with van der Waals surface area (Å²) in [4.78, 5) is 11.9. The summed E-state index contributed by atoms with van der Waals surface area (Å²) in [5, 5.41) is 11.6. The van der Waals surface area contributed by atoms with Crippen LogP contribution >= 0.6 is 15.9 Å². The normalized spacial score (nSPS) is 12.2. The highest BCUT2D eigenvalue weighted by molar-refractivity contribution is 9.10. The summed E-state index contributed by atoms with van der Waals surface area (Å²) in [6.07, 6.45) is 0.565. The van der Waals surface area contributed by atoms with Crippen LogP contribution in [0.1, 0.15) is 29.3 Å². The summed E-state index contributed by atoms with van der Waals surface area (Å²) < 4.78 is 0.784. The Morgan fingerprint density at radius 3 is 2.88 bits per heavy atom. The maximum atomic E-state index is 11.9. The van der Waals surface area contributed by atoms with E-state index in [4.69, 9.17) is 5.11 Å². The molecule has 2 N–H and O–H groups in total. The maximum absolute atomic E-state index is 11.9. The van der Waals surface area contributed by atoms with Gasteiger partial charge in [0.1, 0.15) is 0 Å². The van der Waals surface area contributed by atoms with Gasteiger partial charge in [-0.15, -0.1) is 0 Å². The monoisotopic (exact) mass is 285 g/mol. The molecule has 16 heavy (non-hydrogen) atoms. The van der Waals surface area contributed by atoms with Crippen molar-refractivity contribution in [3.63, 3.8) is 0 Å². The van der Waals surface area contributed by atoms with Gasteiger partial charge in [0, 0.05) is 17.1 Å². The molecule has 1 amide bonds. The van der Waals surface area contributed by atoms with E-state index in [9.17, 15) is 4.79 Å². The van der Waals surface area contributed by atoms with Crippen molar-refractivity contribution >= 4 is 21.8 Å². The maximum Gasteiger partial charge on any atom is 0.252 e. The van der Waals surface area contributed by atoms with Crippen molar-refractivity contribution in [3.8, 4) is 0 Å². The molecule has 4 heteroatoms. The molecule has 1 aromatic rings. The van der Waals surface area contributed by atoms with Crippen LogP contribution in [0.5, 0.6) is 0 Å². The third kappa shape index (κ3) is 3.61. The number of carbonyl (C=O) groups excluding carboxylic acids is 1. The lowest BCUT2D eigenvalue weighted by Crippen LogP contribution is -2.33. The molecule has 1 aromatic carbocycles. The molecule has 1 unspecified atom stereocenters. The second-order valence-corrected chi connectivity index (χ2v) is 4.72. The van der Waals surface area contributed by atoms with Gasteiger partial charge in [0.15, 0.2) is 0 Å². The minimum absolute atomic E-state index is 0.0232. The predicted molar refractivity (Wildman–Crippen MR) is 67.5 cm³/mol. The third-order valence-corrected chi connectivity index (χ3v) is 3.00. The Morgan fingerprint density at radius 2 is 2.25 bits per heavy atom. The molecule has 1 rings (SSSR count). The van der Waals surface area contributed by atoms with E-state index in [1.165, 1.54) is 0 Å². The van der Waals surface area contributed by atoms with Crippen molar-refractivity contribution in [2.75, 3.05) is 6.61 Å². The highest BCUT2D eigenvalue weighted by Gasteiger charge is 2.12. The van der Waals surface area contributed by atoms with Crippen LogP contribution in [-0.2, 0) is 0 Å². The summed E-state index contributed by atoms with van der Waals surface area (Å²) >= 11 is 3.35. The molecule has 0 fully saturated rings. The molecule has 0 aliphatic heterocycles. The molecule has 1 atom stereocenters. The number of aliphatic hydroxyl groups is 1. The van der Waals surface area contributed by atoms with Crippen LogP contribution in [0, 0.1) is 6.92 Å². The van der Waals surface area contributed by atoms with Crippen molar-refractivity contribution in [2.24, 2.45) is 0 Å². The van der Waals surface area contributed by atoms with Crippen LogP contribution in [0.25, 0.3) is 0 Å². The highest BCUT2D eigenvalue weighted by Crippen LogP contribution is 2.18. The molecule has 0 aliphatic rings. The van der Waals surface area contributed by atoms with E-state index in [0.29, 0.717) is 12.0 Å². The Morgan fingerprint density at radius 1 is 1.56 bits per heavy atom. The number of hydrogen-bond donors (Lipinski definition) is 2. The summed E-state index contributed by atoms with van der Waals surface area (Å²) in [6, 6.07) is 5.62. The molecule has 0 bridgehead atoms. The topological polar surface area (TPSA) is 49.3 Å². The smallest absolute Gasteiger partial charge is 0.252 e. The number of aliphatic hydroxyl groups excluding tert-OH is 1. The second kappa shape index (κ2) is 6.01. The van der Waals surface area contributed by atoms with Gasteiger partial charge in [0.2, 0.25) is 0 Å². The zero-order valence-electron chi connectivity index (χ0n) is 9.46. The van der Waals surface area contributed by atoms with E-state index in [0.717, 1.165) is 10.0 Å². The first-order valence-corrected chi connectivity index (χ1v) is 6.01. The summed E-state index contributed by atoms with van der Waals surface area (Å²) in [6.45, 7) is 3.90. The minimum atomic E-state index is -0.114. The lowest BCUT2D eigenvalue weighted by molar-refractivity contribution is 0.0933. The first-order chi connectivity index (χ1) is 7.54. The molecule has 0 aliphatic carbocycles.